The molecule has 2 N–H and O–H groups in total. The molecule has 1 fully saturated rings. The van der Waals surface area contributed by atoms with Crippen molar-refractivity contribution in [3.05, 3.63) is 67.4 Å². The van der Waals surface area contributed by atoms with Gasteiger partial charge in [0.15, 0.2) is 0 Å². The number of hydrogen-bond donors (Lipinski definition) is 2. The number of halogens is 1. The minimum atomic E-state index is -3.83. The maximum Gasteiger partial charge on any atom is 0.328 e. The predicted octanol–water partition coefficient (Wildman–Crippen LogP) is 1.21. The van der Waals surface area contributed by atoms with Crippen LogP contribution in [-0.4, -0.2) is 46.6 Å². The topological polar surface area (TPSA) is 112 Å². The zero-order chi connectivity index (χ0) is 20.5. The summed E-state index contributed by atoms with van der Waals surface area (Å²) in [7, 11) is -3.83. The molecule has 28 heavy (non-hydrogen) atoms. The second-order valence-electron chi connectivity index (χ2n) is 6.66. The van der Waals surface area contributed by atoms with Crippen LogP contribution in [0.25, 0.3) is 6.08 Å². The first-order valence-corrected chi connectivity index (χ1v) is 10.9. The number of nitrogens with zero attached hydrogens (tertiary/aromatic N) is 2. The van der Waals surface area contributed by atoms with Crippen LogP contribution in [0.5, 0.6) is 0 Å². The smallest absolute Gasteiger partial charge is 0.328 e. The van der Waals surface area contributed by atoms with E-state index in [-0.39, 0.29) is 30.0 Å². The van der Waals surface area contributed by atoms with Crippen LogP contribution in [0.15, 0.2) is 49.9 Å². The van der Waals surface area contributed by atoms with Crippen molar-refractivity contribution in [2.45, 2.75) is 30.3 Å². The van der Waals surface area contributed by atoms with Crippen molar-refractivity contribution in [3.8, 4) is 0 Å². The van der Waals surface area contributed by atoms with Crippen LogP contribution in [0, 0.1) is 6.92 Å². The highest BCUT2D eigenvalue weighted by atomic mass is 79.9. The summed E-state index contributed by atoms with van der Waals surface area (Å²) in [6.45, 7) is 1.51. The van der Waals surface area contributed by atoms with E-state index in [2.05, 4.69) is 20.9 Å². The van der Waals surface area contributed by atoms with Gasteiger partial charge in [-0.3, -0.25) is 14.3 Å². The van der Waals surface area contributed by atoms with Gasteiger partial charge in [0.2, 0.25) is 10.0 Å². The average Bonchev–Trinajstić information content (AvgIpc) is 3.09. The van der Waals surface area contributed by atoms with Gasteiger partial charge in [0.1, 0.15) is 0 Å². The fraction of sp³-hybridized carbons (Fsp3) is 0.333. The number of H-pyrrole nitrogens is 1. The summed E-state index contributed by atoms with van der Waals surface area (Å²) >= 11 is 3.09. The van der Waals surface area contributed by atoms with Gasteiger partial charge in [0, 0.05) is 12.7 Å². The summed E-state index contributed by atoms with van der Waals surface area (Å²) in [6, 6.07) is 5.29. The van der Waals surface area contributed by atoms with Gasteiger partial charge >= 0.3 is 5.69 Å². The molecule has 0 bridgehead atoms. The number of rotatable bonds is 5. The van der Waals surface area contributed by atoms with Crippen LogP contribution in [0.3, 0.4) is 0 Å². The quantitative estimate of drug-likeness (QED) is 0.682. The summed E-state index contributed by atoms with van der Waals surface area (Å²) in [4.78, 5) is 28.0. The first kappa shape index (κ1) is 20.7. The molecular formula is C18H20BrN3O5S. The molecule has 0 spiro atoms. The van der Waals surface area contributed by atoms with E-state index in [0.717, 1.165) is 5.56 Å². The van der Waals surface area contributed by atoms with Gasteiger partial charge in [0.25, 0.3) is 5.56 Å². The molecule has 1 aromatic heterocycles. The van der Waals surface area contributed by atoms with E-state index in [0.29, 0.717) is 0 Å². The number of aromatic amines is 1. The summed E-state index contributed by atoms with van der Waals surface area (Å²) in [5.74, 6) is 0. The molecule has 0 amide bonds. The lowest BCUT2D eigenvalue weighted by molar-refractivity contribution is 0.213. The highest BCUT2D eigenvalue weighted by Gasteiger charge is 2.41. The Morgan fingerprint density at radius 3 is 2.57 bits per heavy atom. The van der Waals surface area contributed by atoms with E-state index in [9.17, 15) is 23.1 Å². The molecule has 1 aliphatic rings. The number of aliphatic hydroxyl groups excluding tert-OH is 1. The molecule has 0 radical (unpaired) electrons. The van der Waals surface area contributed by atoms with E-state index in [4.69, 9.17) is 0 Å². The van der Waals surface area contributed by atoms with E-state index in [1.807, 2.05) is 6.92 Å². The Hall–Kier alpha value is -2.01. The van der Waals surface area contributed by atoms with Gasteiger partial charge in [-0.05, 0) is 36.5 Å². The standard InChI is InChI=1S/C18H20BrN3O5S/c1-12-2-4-16(5-3-12)28(26,27)22-10-14(8-15(22)11-23)21-9-13(6-7-19)17(24)20-18(21)25/h2-7,9,14-15,23H,8,10-11H2,1H3,(H,20,24,25)/b7-6+/t14-,15-/m0/s1. The lowest BCUT2D eigenvalue weighted by Gasteiger charge is -2.22. The van der Waals surface area contributed by atoms with Gasteiger partial charge in [-0.1, -0.05) is 33.6 Å². The third-order valence-corrected chi connectivity index (χ3v) is 7.01. The van der Waals surface area contributed by atoms with Gasteiger partial charge in [-0.15, -0.1) is 0 Å². The van der Waals surface area contributed by atoms with Crippen molar-refractivity contribution >= 4 is 32.0 Å². The number of aromatic nitrogens is 2. The Balaban J connectivity index is 1.98. The lowest BCUT2D eigenvalue weighted by Crippen LogP contribution is -2.38. The van der Waals surface area contributed by atoms with Crippen LogP contribution in [0.1, 0.15) is 23.6 Å². The second-order valence-corrected chi connectivity index (χ2v) is 9.08. The van der Waals surface area contributed by atoms with Gasteiger partial charge in [-0.2, -0.15) is 4.31 Å². The third-order valence-electron chi connectivity index (χ3n) is 4.81. The maximum absolute atomic E-state index is 13.1. The molecule has 0 aliphatic carbocycles. The number of nitrogens with one attached hydrogen (secondary N) is 1. The Morgan fingerprint density at radius 2 is 1.96 bits per heavy atom. The SMILES string of the molecule is Cc1ccc(S(=O)(=O)N2C[C@@H](n3cc(/C=C/Br)c(=O)[nH]c3=O)C[C@H]2CO)cc1. The normalized spacial score (nSPS) is 20.8. The fourth-order valence-electron chi connectivity index (χ4n) is 3.33. The van der Waals surface area contributed by atoms with Gasteiger partial charge < -0.3 is 5.11 Å². The minimum Gasteiger partial charge on any atom is -0.395 e. The number of benzene rings is 1. The number of aliphatic hydroxyl groups is 1. The van der Waals surface area contributed by atoms with Crippen LogP contribution in [0.4, 0.5) is 0 Å². The molecule has 1 saturated heterocycles. The highest BCUT2D eigenvalue weighted by molar-refractivity contribution is 9.11. The molecule has 150 valence electrons. The highest BCUT2D eigenvalue weighted by Crippen LogP contribution is 2.31. The zero-order valence-corrected chi connectivity index (χ0v) is 17.5. The van der Waals surface area contributed by atoms with Crippen LogP contribution < -0.4 is 11.2 Å². The van der Waals surface area contributed by atoms with Crippen molar-refractivity contribution in [1.82, 2.24) is 13.9 Å². The van der Waals surface area contributed by atoms with Crippen LogP contribution in [-0.2, 0) is 10.0 Å². The molecule has 2 atom stereocenters. The largest absolute Gasteiger partial charge is 0.395 e. The second kappa shape index (κ2) is 8.16. The number of sulfonamides is 1. The van der Waals surface area contributed by atoms with Crippen molar-refractivity contribution in [2.24, 2.45) is 0 Å². The average molecular weight is 470 g/mol. The summed E-state index contributed by atoms with van der Waals surface area (Å²) < 4.78 is 28.6. The van der Waals surface area contributed by atoms with Crippen molar-refractivity contribution in [1.29, 1.82) is 0 Å². The molecule has 0 unspecified atom stereocenters. The first-order chi connectivity index (χ1) is 13.3. The molecule has 10 heteroatoms. The maximum atomic E-state index is 13.1. The molecule has 1 aromatic carbocycles. The predicted molar refractivity (Wildman–Crippen MR) is 109 cm³/mol. The molecular weight excluding hydrogens is 450 g/mol. The Bertz CT molecular complexity index is 1110. The van der Waals surface area contributed by atoms with Crippen LogP contribution in [0.2, 0.25) is 0 Å². The zero-order valence-electron chi connectivity index (χ0n) is 15.1. The Kier molecular flexibility index (Phi) is 6.04. The fourth-order valence-corrected chi connectivity index (χ4v) is 5.28. The number of aryl methyl sites for hydroxylation is 1. The Labute approximate surface area is 170 Å². The molecule has 3 rings (SSSR count). The first-order valence-electron chi connectivity index (χ1n) is 8.59. The van der Waals surface area contributed by atoms with E-state index >= 15 is 0 Å². The van der Waals surface area contributed by atoms with Crippen LogP contribution >= 0.6 is 15.9 Å². The summed E-state index contributed by atoms with van der Waals surface area (Å²) in [5.41, 5.74) is 0.0479. The van der Waals surface area contributed by atoms with E-state index < -0.39 is 33.4 Å². The molecule has 8 nitrogen and oxygen atoms in total. The van der Waals surface area contributed by atoms with Crippen molar-refractivity contribution in [3.63, 3.8) is 0 Å². The van der Waals surface area contributed by atoms with E-state index in [1.54, 1.807) is 12.1 Å². The minimum absolute atomic E-state index is 0.0187. The monoisotopic (exact) mass is 469 g/mol. The van der Waals surface area contributed by atoms with Gasteiger partial charge in [-0.25, -0.2) is 13.2 Å². The number of hydrogen-bond acceptors (Lipinski definition) is 5. The molecule has 2 heterocycles. The van der Waals surface area contributed by atoms with Gasteiger partial charge in [0.05, 0.1) is 29.1 Å². The van der Waals surface area contributed by atoms with Crippen molar-refractivity contribution in [2.75, 3.05) is 13.2 Å². The molecule has 0 saturated carbocycles. The van der Waals surface area contributed by atoms with E-state index in [1.165, 1.54) is 38.3 Å². The third kappa shape index (κ3) is 3.90. The lowest BCUT2D eigenvalue weighted by atomic mass is 10.2. The molecule has 2 aromatic rings. The Morgan fingerprint density at radius 1 is 1.29 bits per heavy atom. The molecule has 1 aliphatic heterocycles. The summed E-state index contributed by atoms with van der Waals surface area (Å²) in [6.07, 6.45) is 3.15. The van der Waals surface area contributed by atoms with Crippen molar-refractivity contribution < 1.29 is 13.5 Å². The summed E-state index contributed by atoms with van der Waals surface area (Å²) in [5, 5.41) is 9.74.